The summed E-state index contributed by atoms with van der Waals surface area (Å²) in [5.74, 6) is 2.81. The van der Waals surface area contributed by atoms with Gasteiger partial charge in [-0.3, -0.25) is 14.5 Å². The molecule has 8 heteroatoms. The number of ketones is 1. The van der Waals surface area contributed by atoms with Gasteiger partial charge in [0.1, 0.15) is 25.1 Å². The number of carbonyl (C=O) groups is 2. The number of amides is 1. The number of aliphatic hydroxyl groups excluding tert-OH is 1. The van der Waals surface area contributed by atoms with Gasteiger partial charge in [0.25, 0.3) is 0 Å². The molecule has 0 unspecified atom stereocenters. The first-order chi connectivity index (χ1) is 19.0. The number of nitrogens with zero attached hydrogens (tertiary/aromatic N) is 1. The lowest BCUT2D eigenvalue weighted by Crippen LogP contribution is -2.49. The lowest BCUT2D eigenvalue weighted by atomic mass is 9.99. The third-order valence-electron chi connectivity index (χ3n) is 8.31. The van der Waals surface area contributed by atoms with E-state index in [0.717, 1.165) is 31.1 Å². The lowest BCUT2D eigenvalue weighted by molar-refractivity contribution is -0.123. The summed E-state index contributed by atoms with van der Waals surface area (Å²) in [7, 11) is 1.60. The smallest absolute Gasteiger partial charge is 0.220 e. The van der Waals surface area contributed by atoms with Crippen molar-refractivity contribution in [2.24, 2.45) is 5.92 Å². The van der Waals surface area contributed by atoms with Crippen LogP contribution in [0.5, 0.6) is 17.2 Å². The molecular formula is C31H40N2O6. The molecule has 1 saturated carbocycles. The van der Waals surface area contributed by atoms with Crippen molar-refractivity contribution < 1.29 is 28.9 Å². The molecule has 1 amide bonds. The van der Waals surface area contributed by atoms with Gasteiger partial charge in [0.2, 0.25) is 5.91 Å². The van der Waals surface area contributed by atoms with Crippen LogP contribution in [0, 0.1) is 5.92 Å². The molecule has 2 bridgehead atoms. The SMILES string of the molecule is COc1ccc(C(=O)CCCCCC(=O)N[C@H](CN2C[C@@H]3CC[C@H]2C3)[C@H](O)c2ccc3c(c2)OCCO3)cc1. The van der Waals surface area contributed by atoms with Gasteiger partial charge in [-0.1, -0.05) is 12.5 Å². The molecule has 1 aliphatic carbocycles. The minimum Gasteiger partial charge on any atom is -0.497 e. The van der Waals surface area contributed by atoms with Gasteiger partial charge in [-0.25, -0.2) is 0 Å². The predicted octanol–water partition coefficient (Wildman–Crippen LogP) is 4.30. The van der Waals surface area contributed by atoms with E-state index in [1.807, 2.05) is 18.2 Å². The number of Topliss-reactive ketones (excluding diaryl/α,β-unsaturated/α-hetero) is 1. The maximum Gasteiger partial charge on any atom is 0.220 e. The van der Waals surface area contributed by atoms with Crippen LogP contribution in [0.15, 0.2) is 42.5 Å². The van der Waals surface area contributed by atoms with Crippen molar-refractivity contribution in [3.8, 4) is 17.2 Å². The fourth-order valence-corrected chi connectivity index (χ4v) is 6.15. The molecule has 5 rings (SSSR count). The summed E-state index contributed by atoms with van der Waals surface area (Å²) in [6.07, 6.45) is 5.89. The van der Waals surface area contributed by atoms with Crippen LogP contribution >= 0.6 is 0 Å². The highest BCUT2D eigenvalue weighted by Crippen LogP contribution is 2.38. The first-order valence-electron chi connectivity index (χ1n) is 14.3. The van der Waals surface area contributed by atoms with Crippen LogP contribution in [-0.2, 0) is 4.79 Å². The Morgan fingerprint density at radius 3 is 2.51 bits per heavy atom. The Balaban J connectivity index is 1.13. The number of carbonyl (C=O) groups excluding carboxylic acids is 2. The summed E-state index contributed by atoms with van der Waals surface area (Å²) in [4.78, 5) is 27.8. The predicted molar refractivity (Wildman–Crippen MR) is 147 cm³/mol. The molecule has 0 radical (unpaired) electrons. The van der Waals surface area contributed by atoms with Crippen LogP contribution in [0.1, 0.15) is 73.4 Å². The van der Waals surface area contributed by atoms with Gasteiger partial charge >= 0.3 is 0 Å². The number of hydrogen-bond donors (Lipinski definition) is 2. The molecule has 4 atom stereocenters. The molecule has 2 heterocycles. The molecule has 210 valence electrons. The van der Waals surface area contributed by atoms with E-state index in [-0.39, 0.29) is 11.7 Å². The topological polar surface area (TPSA) is 97.3 Å². The second kappa shape index (κ2) is 12.8. The number of ether oxygens (including phenoxy) is 3. The molecule has 3 aliphatic rings. The summed E-state index contributed by atoms with van der Waals surface area (Å²) in [6, 6.07) is 12.8. The maximum atomic E-state index is 13.0. The highest BCUT2D eigenvalue weighted by molar-refractivity contribution is 5.96. The van der Waals surface area contributed by atoms with Gasteiger partial charge in [0, 0.05) is 37.5 Å². The molecule has 1 saturated heterocycles. The Hall–Kier alpha value is -3.10. The average Bonchev–Trinajstić information content (AvgIpc) is 3.59. The van der Waals surface area contributed by atoms with Crippen LogP contribution in [0.4, 0.5) is 0 Å². The van der Waals surface area contributed by atoms with E-state index in [9.17, 15) is 14.7 Å². The largest absolute Gasteiger partial charge is 0.497 e. The fourth-order valence-electron chi connectivity index (χ4n) is 6.15. The summed E-state index contributed by atoms with van der Waals surface area (Å²) < 4.78 is 16.5. The van der Waals surface area contributed by atoms with E-state index >= 15 is 0 Å². The summed E-state index contributed by atoms with van der Waals surface area (Å²) in [5, 5.41) is 14.5. The number of likely N-dealkylation sites (tertiary alicyclic amines) is 1. The van der Waals surface area contributed by atoms with Gasteiger partial charge in [0.15, 0.2) is 17.3 Å². The van der Waals surface area contributed by atoms with Crippen LogP contribution in [0.3, 0.4) is 0 Å². The number of rotatable bonds is 13. The molecule has 2 fully saturated rings. The van der Waals surface area contributed by atoms with Gasteiger partial charge in [-0.15, -0.1) is 0 Å². The van der Waals surface area contributed by atoms with Crippen molar-refractivity contribution >= 4 is 11.7 Å². The summed E-state index contributed by atoms with van der Waals surface area (Å²) in [5.41, 5.74) is 1.39. The molecule has 2 aromatic carbocycles. The van der Waals surface area contributed by atoms with Gasteiger partial charge in [-0.05, 0) is 80.0 Å². The number of methoxy groups -OCH3 is 1. The number of fused-ring (bicyclic) bond motifs is 3. The zero-order valence-electron chi connectivity index (χ0n) is 22.8. The van der Waals surface area contributed by atoms with Crippen LogP contribution in [0.2, 0.25) is 0 Å². The van der Waals surface area contributed by atoms with Crippen LogP contribution < -0.4 is 19.5 Å². The van der Waals surface area contributed by atoms with E-state index < -0.39 is 12.1 Å². The van der Waals surface area contributed by atoms with Crippen molar-refractivity contribution in [1.82, 2.24) is 10.2 Å². The van der Waals surface area contributed by atoms with Crippen LogP contribution in [0.25, 0.3) is 0 Å². The van der Waals surface area contributed by atoms with E-state index in [1.165, 1.54) is 19.3 Å². The standard InChI is InChI=1S/C31H40N2O6/c1-37-25-12-8-22(9-13-25)27(34)5-3-2-4-6-30(35)32-26(20-33-19-21-7-11-24(33)17-21)31(36)23-10-14-28-29(18-23)39-16-15-38-28/h8-10,12-14,18,21,24,26,31,36H,2-7,11,15-17,19-20H2,1H3,(H,32,35)/t21-,24+,26-,31-/m1/s1. The van der Waals surface area contributed by atoms with Crippen LogP contribution in [-0.4, -0.2) is 67.2 Å². The second-order valence-corrected chi connectivity index (χ2v) is 11.0. The summed E-state index contributed by atoms with van der Waals surface area (Å²) in [6.45, 7) is 2.65. The average molecular weight is 537 g/mol. The Kier molecular flexibility index (Phi) is 9.04. The van der Waals surface area contributed by atoms with Gasteiger partial charge in [-0.2, -0.15) is 0 Å². The Morgan fingerprint density at radius 2 is 1.79 bits per heavy atom. The number of benzene rings is 2. The lowest BCUT2D eigenvalue weighted by Gasteiger charge is -2.33. The Morgan fingerprint density at radius 1 is 1.03 bits per heavy atom. The fraction of sp³-hybridized carbons (Fsp3) is 0.548. The molecule has 2 aliphatic heterocycles. The van der Waals surface area contributed by atoms with Gasteiger partial charge < -0.3 is 24.6 Å². The maximum absolute atomic E-state index is 13.0. The molecular weight excluding hydrogens is 496 g/mol. The van der Waals surface area contributed by atoms with E-state index in [1.54, 1.807) is 31.4 Å². The van der Waals surface area contributed by atoms with Crippen molar-refractivity contribution in [2.75, 3.05) is 33.4 Å². The number of unbranched alkanes of at least 4 members (excludes halogenated alkanes) is 2. The minimum atomic E-state index is -0.856. The summed E-state index contributed by atoms with van der Waals surface area (Å²) >= 11 is 0. The molecule has 39 heavy (non-hydrogen) atoms. The Labute approximate surface area is 230 Å². The highest BCUT2D eigenvalue weighted by Gasteiger charge is 2.39. The molecule has 2 aromatic rings. The molecule has 0 spiro atoms. The quantitative estimate of drug-likeness (QED) is 0.291. The third kappa shape index (κ3) is 6.92. The van der Waals surface area contributed by atoms with Gasteiger partial charge in [0.05, 0.1) is 13.2 Å². The zero-order valence-corrected chi connectivity index (χ0v) is 22.8. The van der Waals surface area contributed by atoms with Crippen molar-refractivity contribution in [2.45, 2.75) is 69.6 Å². The minimum absolute atomic E-state index is 0.0672. The van der Waals surface area contributed by atoms with Crippen molar-refractivity contribution in [1.29, 1.82) is 0 Å². The van der Waals surface area contributed by atoms with Crippen molar-refractivity contribution in [3.63, 3.8) is 0 Å². The van der Waals surface area contributed by atoms with E-state index in [4.69, 9.17) is 14.2 Å². The molecule has 2 N–H and O–H groups in total. The zero-order chi connectivity index (χ0) is 27.2. The normalized spacial score (nSPS) is 21.4. The number of hydrogen-bond acceptors (Lipinski definition) is 7. The Bertz CT molecular complexity index is 1140. The second-order valence-electron chi connectivity index (χ2n) is 11.0. The number of piperidine rings is 1. The molecule has 8 nitrogen and oxygen atoms in total. The first kappa shape index (κ1) is 27.5. The first-order valence-corrected chi connectivity index (χ1v) is 14.3. The van der Waals surface area contributed by atoms with E-state index in [0.29, 0.717) is 67.7 Å². The third-order valence-corrected chi connectivity index (χ3v) is 8.31. The monoisotopic (exact) mass is 536 g/mol. The van der Waals surface area contributed by atoms with Crippen molar-refractivity contribution in [3.05, 3.63) is 53.6 Å². The number of aliphatic hydroxyl groups is 1. The highest BCUT2D eigenvalue weighted by atomic mass is 16.6. The number of nitrogens with one attached hydrogen (secondary N) is 1. The molecule has 0 aromatic heterocycles. The van der Waals surface area contributed by atoms with E-state index in [2.05, 4.69) is 10.2 Å².